The Balaban J connectivity index is 1.81. The molecular formula is C14H20O. The number of aliphatic hydroxyl groups is 1. The molecule has 1 atom stereocenters. The molecule has 1 saturated carbocycles. The third-order valence-electron chi connectivity index (χ3n) is 3.22. The zero-order valence-corrected chi connectivity index (χ0v) is 9.45. The highest BCUT2D eigenvalue weighted by Gasteiger charge is 2.31. The van der Waals surface area contributed by atoms with Crippen LogP contribution in [0.1, 0.15) is 38.2 Å². The lowest BCUT2D eigenvalue weighted by molar-refractivity contribution is 0.0367. The van der Waals surface area contributed by atoms with Crippen LogP contribution in [0, 0.1) is 5.92 Å². The van der Waals surface area contributed by atoms with Gasteiger partial charge >= 0.3 is 0 Å². The van der Waals surface area contributed by atoms with E-state index in [2.05, 4.69) is 24.3 Å². The summed E-state index contributed by atoms with van der Waals surface area (Å²) < 4.78 is 0. The Hall–Kier alpha value is -0.820. The maximum absolute atomic E-state index is 10.2. The molecule has 1 N–H and O–H groups in total. The standard InChI is InChI=1S/C14H20O/c1-14(15,11-13-7-8-13)10-9-12-5-3-2-4-6-12/h2-6,13,15H,7-11H2,1H3. The molecule has 0 aromatic heterocycles. The van der Waals surface area contributed by atoms with Crippen LogP contribution in [-0.4, -0.2) is 10.7 Å². The fourth-order valence-electron chi connectivity index (χ4n) is 2.10. The molecule has 0 saturated heterocycles. The van der Waals surface area contributed by atoms with E-state index in [1.54, 1.807) is 0 Å². The van der Waals surface area contributed by atoms with Crippen molar-refractivity contribution in [3.63, 3.8) is 0 Å². The molecule has 0 aliphatic heterocycles. The summed E-state index contributed by atoms with van der Waals surface area (Å²) in [5.74, 6) is 0.802. The van der Waals surface area contributed by atoms with Crippen molar-refractivity contribution in [2.75, 3.05) is 0 Å². The second-order valence-electron chi connectivity index (χ2n) is 5.13. The Kier molecular flexibility index (Phi) is 3.11. The third-order valence-corrected chi connectivity index (χ3v) is 3.22. The zero-order chi connectivity index (χ0) is 10.7. The summed E-state index contributed by atoms with van der Waals surface area (Å²) in [5, 5.41) is 10.2. The first-order chi connectivity index (χ1) is 7.16. The number of hydrogen-bond donors (Lipinski definition) is 1. The van der Waals surface area contributed by atoms with Gasteiger partial charge in [0.2, 0.25) is 0 Å². The summed E-state index contributed by atoms with van der Waals surface area (Å²) in [4.78, 5) is 0. The lowest BCUT2D eigenvalue weighted by atomic mass is 9.91. The predicted molar refractivity (Wildman–Crippen MR) is 62.7 cm³/mol. The first-order valence-electron chi connectivity index (χ1n) is 5.92. The van der Waals surface area contributed by atoms with Crippen molar-refractivity contribution < 1.29 is 5.11 Å². The molecule has 1 aromatic carbocycles. The van der Waals surface area contributed by atoms with Crippen LogP contribution in [0.4, 0.5) is 0 Å². The van der Waals surface area contributed by atoms with Gasteiger partial charge in [0.25, 0.3) is 0 Å². The Morgan fingerprint density at radius 3 is 2.53 bits per heavy atom. The Labute approximate surface area is 92.1 Å². The average molecular weight is 204 g/mol. The summed E-state index contributed by atoms with van der Waals surface area (Å²) in [6.45, 7) is 1.98. The molecule has 0 bridgehead atoms. The highest BCUT2D eigenvalue weighted by atomic mass is 16.3. The van der Waals surface area contributed by atoms with E-state index in [4.69, 9.17) is 0 Å². The van der Waals surface area contributed by atoms with Crippen molar-refractivity contribution in [2.24, 2.45) is 5.92 Å². The van der Waals surface area contributed by atoms with E-state index in [0.29, 0.717) is 0 Å². The molecule has 82 valence electrons. The van der Waals surface area contributed by atoms with Crippen LogP contribution in [0.3, 0.4) is 0 Å². The van der Waals surface area contributed by atoms with Crippen molar-refractivity contribution in [3.05, 3.63) is 35.9 Å². The number of benzene rings is 1. The molecule has 0 heterocycles. The quantitative estimate of drug-likeness (QED) is 0.781. The van der Waals surface area contributed by atoms with Crippen molar-refractivity contribution in [1.82, 2.24) is 0 Å². The average Bonchev–Trinajstić information content (AvgIpc) is 3.00. The smallest absolute Gasteiger partial charge is 0.0625 e. The molecule has 15 heavy (non-hydrogen) atoms. The molecule has 0 amide bonds. The van der Waals surface area contributed by atoms with E-state index in [9.17, 15) is 5.11 Å². The number of rotatable bonds is 5. The minimum atomic E-state index is -0.461. The molecular weight excluding hydrogens is 184 g/mol. The highest BCUT2D eigenvalue weighted by molar-refractivity contribution is 5.15. The summed E-state index contributed by atoms with van der Waals surface area (Å²) in [7, 11) is 0. The van der Waals surface area contributed by atoms with Gasteiger partial charge in [-0.05, 0) is 37.7 Å². The van der Waals surface area contributed by atoms with Gasteiger partial charge in [-0.3, -0.25) is 0 Å². The van der Waals surface area contributed by atoms with Crippen LogP contribution in [0.15, 0.2) is 30.3 Å². The van der Waals surface area contributed by atoms with Crippen LogP contribution >= 0.6 is 0 Å². The van der Waals surface area contributed by atoms with Gasteiger partial charge in [0.05, 0.1) is 5.60 Å². The minimum absolute atomic E-state index is 0.461. The lowest BCUT2D eigenvalue weighted by Gasteiger charge is -2.23. The monoisotopic (exact) mass is 204 g/mol. The number of hydrogen-bond acceptors (Lipinski definition) is 1. The molecule has 1 aromatic rings. The van der Waals surface area contributed by atoms with Crippen molar-refractivity contribution in [2.45, 2.75) is 44.6 Å². The second-order valence-corrected chi connectivity index (χ2v) is 5.13. The SMILES string of the molecule is CC(O)(CCc1ccccc1)CC1CC1. The molecule has 1 fully saturated rings. The van der Waals surface area contributed by atoms with Crippen LogP contribution in [0.5, 0.6) is 0 Å². The van der Waals surface area contributed by atoms with Crippen molar-refractivity contribution in [3.8, 4) is 0 Å². The van der Waals surface area contributed by atoms with E-state index < -0.39 is 5.60 Å². The Bertz CT molecular complexity index is 298. The zero-order valence-electron chi connectivity index (χ0n) is 9.45. The van der Waals surface area contributed by atoms with Gasteiger partial charge in [-0.2, -0.15) is 0 Å². The van der Waals surface area contributed by atoms with Gasteiger partial charge in [-0.15, -0.1) is 0 Å². The van der Waals surface area contributed by atoms with Crippen molar-refractivity contribution in [1.29, 1.82) is 0 Å². The van der Waals surface area contributed by atoms with Crippen LogP contribution < -0.4 is 0 Å². The normalized spacial score (nSPS) is 19.9. The summed E-state index contributed by atoms with van der Waals surface area (Å²) in [5.41, 5.74) is 0.866. The van der Waals surface area contributed by atoms with Gasteiger partial charge in [-0.25, -0.2) is 0 Å². The topological polar surface area (TPSA) is 20.2 Å². The number of aryl methyl sites for hydroxylation is 1. The van der Waals surface area contributed by atoms with Gasteiger partial charge in [0.1, 0.15) is 0 Å². The summed E-state index contributed by atoms with van der Waals surface area (Å²) >= 11 is 0. The Morgan fingerprint density at radius 2 is 1.93 bits per heavy atom. The molecule has 1 aliphatic rings. The molecule has 1 heteroatoms. The van der Waals surface area contributed by atoms with E-state index in [1.165, 1.54) is 18.4 Å². The fourth-order valence-corrected chi connectivity index (χ4v) is 2.10. The Morgan fingerprint density at radius 1 is 1.27 bits per heavy atom. The third kappa shape index (κ3) is 3.67. The van der Waals surface area contributed by atoms with E-state index in [-0.39, 0.29) is 0 Å². The largest absolute Gasteiger partial charge is 0.390 e. The second kappa shape index (κ2) is 4.36. The first-order valence-corrected chi connectivity index (χ1v) is 5.92. The van der Waals surface area contributed by atoms with Gasteiger partial charge < -0.3 is 5.11 Å². The van der Waals surface area contributed by atoms with E-state index >= 15 is 0 Å². The fraction of sp³-hybridized carbons (Fsp3) is 0.571. The molecule has 1 unspecified atom stereocenters. The minimum Gasteiger partial charge on any atom is -0.390 e. The summed E-state index contributed by atoms with van der Waals surface area (Å²) in [6, 6.07) is 10.4. The van der Waals surface area contributed by atoms with Crippen LogP contribution in [0.25, 0.3) is 0 Å². The molecule has 1 aliphatic carbocycles. The summed E-state index contributed by atoms with van der Waals surface area (Å²) in [6.07, 6.45) is 5.50. The van der Waals surface area contributed by atoms with Gasteiger partial charge in [0.15, 0.2) is 0 Å². The van der Waals surface area contributed by atoms with E-state index in [1.807, 2.05) is 13.0 Å². The first kappa shape index (κ1) is 10.7. The van der Waals surface area contributed by atoms with Gasteiger partial charge in [-0.1, -0.05) is 43.2 Å². The predicted octanol–water partition coefficient (Wildman–Crippen LogP) is 3.17. The molecule has 1 nitrogen and oxygen atoms in total. The van der Waals surface area contributed by atoms with Crippen LogP contribution in [-0.2, 0) is 6.42 Å². The maximum atomic E-state index is 10.2. The highest BCUT2D eigenvalue weighted by Crippen LogP contribution is 2.38. The molecule has 0 radical (unpaired) electrons. The van der Waals surface area contributed by atoms with Gasteiger partial charge in [0, 0.05) is 0 Å². The van der Waals surface area contributed by atoms with Crippen molar-refractivity contribution >= 4 is 0 Å². The van der Waals surface area contributed by atoms with Crippen LogP contribution in [0.2, 0.25) is 0 Å². The lowest BCUT2D eigenvalue weighted by Crippen LogP contribution is -2.25. The molecule has 2 rings (SSSR count). The maximum Gasteiger partial charge on any atom is 0.0625 e. The molecule has 0 spiro atoms. The van der Waals surface area contributed by atoms with E-state index in [0.717, 1.165) is 25.2 Å².